The number of aromatic amines is 1. The molecule has 0 unspecified atom stereocenters. The summed E-state index contributed by atoms with van der Waals surface area (Å²) < 4.78 is 0. The van der Waals surface area contributed by atoms with Gasteiger partial charge in [0.05, 0.1) is 22.1 Å². The summed E-state index contributed by atoms with van der Waals surface area (Å²) in [5.74, 6) is 0.186. The molecule has 0 aliphatic rings. The molecule has 2 aromatic heterocycles. The van der Waals surface area contributed by atoms with Crippen molar-refractivity contribution in [3.05, 3.63) is 40.3 Å². The van der Waals surface area contributed by atoms with Crippen LogP contribution in [0.2, 0.25) is 0 Å². The summed E-state index contributed by atoms with van der Waals surface area (Å²) in [6.45, 7) is 1.75. The van der Waals surface area contributed by atoms with E-state index in [1.165, 1.54) is 0 Å². The van der Waals surface area contributed by atoms with Gasteiger partial charge in [0.2, 0.25) is 5.95 Å². The third kappa shape index (κ3) is 1.36. The molecule has 1 aromatic carbocycles. The molecule has 0 saturated heterocycles. The number of nitrogens with one attached hydrogen (secondary N) is 1. The summed E-state index contributed by atoms with van der Waals surface area (Å²) >= 11 is 0. The van der Waals surface area contributed by atoms with Crippen molar-refractivity contribution in [3.8, 4) is 0 Å². The van der Waals surface area contributed by atoms with E-state index in [0.29, 0.717) is 16.6 Å². The minimum Gasteiger partial charge on any atom is -0.368 e. The molecule has 0 atom stereocenters. The molecule has 17 heavy (non-hydrogen) atoms. The largest absolute Gasteiger partial charge is 0.368 e. The standard InChI is InChI=1S/C12H10N4O/c1-6-9-10(16-12(13)14-6)7-4-2-3-5-8(7)15-11(9)17/h2-5H,1H3,(H,15,17)(H2,13,14,16). The maximum atomic E-state index is 11.9. The Hall–Kier alpha value is -2.43. The lowest BCUT2D eigenvalue weighted by Crippen LogP contribution is -2.11. The van der Waals surface area contributed by atoms with Crippen molar-refractivity contribution < 1.29 is 0 Å². The summed E-state index contributed by atoms with van der Waals surface area (Å²) in [6.07, 6.45) is 0. The maximum Gasteiger partial charge on any atom is 0.259 e. The average Bonchev–Trinajstić information content (AvgIpc) is 2.28. The van der Waals surface area contributed by atoms with E-state index in [4.69, 9.17) is 5.73 Å². The van der Waals surface area contributed by atoms with Gasteiger partial charge >= 0.3 is 0 Å². The van der Waals surface area contributed by atoms with Gasteiger partial charge in [0.1, 0.15) is 0 Å². The van der Waals surface area contributed by atoms with Gasteiger partial charge < -0.3 is 10.7 Å². The fraction of sp³-hybridized carbons (Fsp3) is 0.0833. The third-order valence-electron chi connectivity index (χ3n) is 2.76. The van der Waals surface area contributed by atoms with Crippen molar-refractivity contribution in [2.45, 2.75) is 6.92 Å². The number of anilines is 1. The second-order valence-corrected chi connectivity index (χ2v) is 3.89. The minimum atomic E-state index is -0.184. The molecule has 0 saturated carbocycles. The minimum absolute atomic E-state index is 0.184. The molecule has 3 rings (SSSR count). The van der Waals surface area contributed by atoms with Crippen molar-refractivity contribution in [2.24, 2.45) is 0 Å². The van der Waals surface area contributed by atoms with E-state index < -0.39 is 0 Å². The van der Waals surface area contributed by atoms with Gasteiger partial charge in [-0.05, 0) is 13.0 Å². The Kier molecular flexibility index (Phi) is 1.89. The highest BCUT2D eigenvalue weighted by Crippen LogP contribution is 2.20. The zero-order valence-electron chi connectivity index (χ0n) is 9.19. The zero-order chi connectivity index (χ0) is 12.0. The number of fused-ring (bicyclic) bond motifs is 3. The summed E-state index contributed by atoms with van der Waals surface area (Å²) in [4.78, 5) is 23.0. The Bertz CT molecular complexity index is 791. The molecular weight excluding hydrogens is 216 g/mol. The van der Waals surface area contributed by atoms with E-state index >= 15 is 0 Å². The van der Waals surface area contributed by atoms with Crippen molar-refractivity contribution in [3.63, 3.8) is 0 Å². The maximum absolute atomic E-state index is 11.9. The second-order valence-electron chi connectivity index (χ2n) is 3.89. The molecule has 0 bridgehead atoms. The van der Waals surface area contributed by atoms with E-state index in [2.05, 4.69) is 15.0 Å². The number of hydrogen-bond acceptors (Lipinski definition) is 4. The average molecular weight is 226 g/mol. The van der Waals surface area contributed by atoms with Gasteiger partial charge in [-0.2, -0.15) is 0 Å². The number of aryl methyl sites for hydroxylation is 1. The summed E-state index contributed by atoms with van der Waals surface area (Å²) in [6, 6.07) is 7.50. The van der Waals surface area contributed by atoms with Crippen LogP contribution in [0.15, 0.2) is 29.1 Å². The molecule has 0 radical (unpaired) electrons. The van der Waals surface area contributed by atoms with E-state index in [0.717, 1.165) is 10.9 Å². The predicted molar refractivity (Wildman–Crippen MR) is 66.8 cm³/mol. The normalized spacial score (nSPS) is 11.1. The number of hydrogen-bond donors (Lipinski definition) is 2. The van der Waals surface area contributed by atoms with Crippen LogP contribution >= 0.6 is 0 Å². The van der Waals surface area contributed by atoms with Gasteiger partial charge in [-0.25, -0.2) is 9.97 Å². The number of nitrogen functional groups attached to an aromatic ring is 1. The summed E-state index contributed by atoms with van der Waals surface area (Å²) in [5, 5.41) is 1.37. The number of rotatable bonds is 0. The van der Waals surface area contributed by atoms with Gasteiger partial charge in [-0.3, -0.25) is 4.79 Å². The fourth-order valence-electron chi connectivity index (χ4n) is 2.04. The van der Waals surface area contributed by atoms with Crippen LogP contribution in [-0.4, -0.2) is 15.0 Å². The Balaban J connectivity index is 2.70. The van der Waals surface area contributed by atoms with Gasteiger partial charge in [-0.1, -0.05) is 18.2 Å². The first-order valence-electron chi connectivity index (χ1n) is 5.21. The van der Waals surface area contributed by atoms with Crippen LogP contribution in [-0.2, 0) is 0 Å². The smallest absolute Gasteiger partial charge is 0.259 e. The number of nitrogens with two attached hydrogens (primary N) is 1. The molecule has 0 aliphatic carbocycles. The van der Waals surface area contributed by atoms with Gasteiger partial charge in [0.25, 0.3) is 5.56 Å². The Morgan fingerprint density at radius 2 is 2.00 bits per heavy atom. The SMILES string of the molecule is Cc1nc(N)nc2c1c(=O)[nH]c1ccccc12. The van der Waals surface area contributed by atoms with Crippen molar-refractivity contribution >= 4 is 27.8 Å². The first-order valence-corrected chi connectivity index (χ1v) is 5.21. The lowest BCUT2D eigenvalue weighted by atomic mass is 10.1. The zero-order valence-corrected chi connectivity index (χ0v) is 9.19. The van der Waals surface area contributed by atoms with Crippen LogP contribution in [0.1, 0.15) is 5.69 Å². The number of benzene rings is 1. The molecule has 5 nitrogen and oxygen atoms in total. The molecule has 84 valence electrons. The summed E-state index contributed by atoms with van der Waals surface area (Å²) in [5.41, 5.74) is 7.40. The molecule has 0 spiro atoms. The van der Waals surface area contributed by atoms with Crippen LogP contribution in [0.5, 0.6) is 0 Å². The molecular formula is C12H10N4O. The third-order valence-corrected chi connectivity index (χ3v) is 2.76. The molecule has 5 heteroatoms. The van der Waals surface area contributed by atoms with Crippen LogP contribution < -0.4 is 11.3 Å². The number of nitrogens with zero attached hydrogens (tertiary/aromatic N) is 2. The highest BCUT2D eigenvalue weighted by Gasteiger charge is 2.10. The summed E-state index contributed by atoms with van der Waals surface area (Å²) in [7, 11) is 0. The van der Waals surface area contributed by atoms with Crippen LogP contribution in [0.25, 0.3) is 21.8 Å². The predicted octanol–water partition coefficient (Wildman–Crippen LogP) is 1.36. The molecule has 0 aliphatic heterocycles. The number of para-hydroxylation sites is 1. The van der Waals surface area contributed by atoms with Crippen molar-refractivity contribution in [2.75, 3.05) is 5.73 Å². The van der Waals surface area contributed by atoms with Gasteiger partial charge in [-0.15, -0.1) is 0 Å². The Labute approximate surface area is 96.3 Å². The topological polar surface area (TPSA) is 84.7 Å². The molecule has 3 aromatic rings. The van der Waals surface area contributed by atoms with E-state index in [1.54, 1.807) is 6.92 Å². The fourth-order valence-corrected chi connectivity index (χ4v) is 2.04. The second kappa shape index (κ2) is 3.28. The van der Waals surface area contributed by atoms with Crippen LogP contribution in [0, 0.1) is 6.92 Å². The van der Waals surface area contributed by atoms with Crippen LogP contribution in [0.3, 0.4) is 0 Å². The first kappa shape index (κ1) is 9.77. The van der Waals surface area contributed by atoms with E-state index in [9.17, 15) is 4.79 Å². The van der Waals surface area contributed by atoms with Gasteiger partial charge in [0.15, 0.2) is 0 Å². The van der Waals surface area contributed by atoms with Gasteiger partial charge in [0, 0.05) is 5.39 Å². The highest BCUT2D eigenvalue weighted by molar-refractivity contribution is 6.03. The monoisotopic (exact) mass is 226 g/mol. The van der Waals surface area contributed by atoms with Crippen molar-refractivity contribution in [1.82, 2.24) is 15.0 Å². The lowest BCUT2D eigenvalue weighted by molar-refractivity contribution is 1.15. The number of aromatic nitrogens is 3. The highest BCUT2D eigenvalue weighted by atomic mass is 16.1. The number of pyridine rings is 1. The number of H-pyrrole nitrogens is 1. The van der Waals surface area contributed by atoms with Crippen LogP contribution in [0.4, 0.5) is 5.95 Å². The molecule has 3 N–H and O–H groups in total. The molecule has 0 fully saturated rings. The van der Waals surface area contributed by atoms with E-state index in [-0.39, 0.29) is 11.5 Å². The quantitative estimate of drug-likeness (QED) is 0.567. The molecule has 2 heterocycles. The Morgan fingerprint density at radius 1 is 1.24 bits per heavy atom. The lowest BCUT2D eigenvalue weighted by Gasteiger charge is -2.05. The van der Waals surface area contributed by atoms with E-state index in [1.807, 2.05) is 24.3 Å². The Morgan fingerprint density at radius 3 is 2.82 bits per heavy atom. The van der Waals surface area contributed by atoms with Crippen molar-refractivity contribution in [1.29, 1.82) is 0 Å². The molecule has 0 amide bonds. The first-order chi connectivity index (χ1) is 8.16.